The van der Waals surface area contributed by atoms with Gasteiger partial charge in [0.1, 0.15) is 5.03 Å². The molecule has 0 radical (unpaired) electrons. The zero-order valence-corrected chi connectivity index (χ0v) is 14.0. The minimum Gasteiger partial charge on any atom is -0.370 e. The number of ether oxygens (including phenoxy) is 1. The first-order valence-electron chi connectivity index (χ1n) is 7.45. The van der Waals surface area contributed by atoms with Crippen molar-refractivity contribution in [2.75, 3.05) is 5.75 Å². The lowest BCUT2D eigenvalue weighted by atomic mass is 9.96. The highest BCUT2D eigenvalue weighted by Gasteiger charge is 2.30. The van der Waals surface area contributed by atoms with E-state index in [1.807, 2.05) is 30.3 Å². The molecule has 120 valence electrons. The average molecular weight is 329 g/mol. The fraction of sp³-hybridized carbons (Fsp3) is 0.353. The highest BCUT2D eigenvalue weighted by molar-refractivity contribution is 7.99. The molecule has 1 aliphatic heterocycles. The lowest BCUT2D eigenvalue weighted by Gasteiger charge is -2.32. The van der Waals surface area contributed by atoms with E-state index in [9.17, 15) is 4.79 Å². The molecule has 1 amide bonds. The summed E-state index contributed by atoms with van der Waals surface area (Å²) in [5, 5.41) is 0.781. The maximum absolute atomic E-state index is 11.1. The number of thioether (sulfide) groups is 1. The van der Waals surface area contributed by atoms with Crippen molar-refractivity contribution >= 4 is 17.7 Å². The Bertz CT molecular complexity index is 732. The third-order valence-corrected chi connectivity index (χ3v) is 4.68. The van der Waals surface area contributed by atoms with E-state index in [1.54, 1.807) is 0 Å². The van der Waals surface area contributed by atoms with E-state index >= 15 is 0 Å². The summed E-state index contributed by atoms with van der Waals surface area (Å²) in [5.41, 5.74) is 7.94. The smallest absolute Gasteiger partial charge is 0.227 e. The van der Waals surface area contributed by atoms with Crippen LogP contribution in [0.2, 0.25) is 0 Å². The van der Waals surface area contributed by atoms with Crippen LogP contribution in [0.1, 0.15) is 25.1 Å². The largest absolute Gasteiger partial charge is 0.370 e. The molecule has 3 rings (SSSR count). The van der Waals surface area contributed by atoms with Crippen LogP contribution in [0.15, 0.2) is 35.4 Å². The average Bonchev–Trinajstić information content (AvgIpc) is 2.52. The Kier molecular flexibility index (Phi) is 4.37. The molecule has 6 heteroatoms. The lowest BCUT2D eigenvalue weighted by Crippen LogP contribution is -2.33. The number of fused-ring (bicyclic) bond motifs is 1. The zero-order valence-electron chi connectivity index (χ0n) is 13.2. The van der Waals surface area contributed by atoms with Gasteiger partial charge in [0.05, 0.1) is 23.7 Å². The van der Waals surface area contributed by atoms with Crippen LogP contribution in [0, 0.1) is 0 Å². The number of hydrogen-bond donors (Lipinski definition) is 1. The van der Waals surface area contributed by atoms with Gasteiger partial charge in [-0.15, -0.1) is 0 Å². The van der Waals surface area contributed by atoms with Crippen molar-refractivity contribution < 1.29 is 9.53 Å². The molecule has 2 heterocycles. The van der Waals surface area contributed by atoms with Crippen molar-refractivity contribution in [1.82, 2.24) is 9.97 Å². The lowest BCUT2D eigenvalue weighted by molar-refractivity contribution is -0.115. The maximum Gasteiger partial charge on any atom is 0.227 e. The predicted octanol–water partition coefficient (Wildman–Crippen LogP) is 2.57. The number of nitrogens with zero attached hydrogens (tertiary/aromatic N) is 2. The standard InChI is InChI=1S/C17H19N3O2S/c1-17(2)8-13-12(9-22-17)16(23-10-14(18)21)20-15(19-13)11-6-4-3-5-7-11/h3-7H,8-10H2,1-2H3,(H2,18,21). The molecule has 0 spiro atoms. The Hall–Kier alpha value is -1.92. The molecular weight excluding hydrogens is 310 g/mol. The molecule has 2 N–H and O–H groups in total. The molecule has 0 atom stereocenters. The Labute approximate surface area is 139 Å². The molecule has 23 heavy (non-hydrogen) atoms. The molecule has 0 saturated carbocycles. The number of benzene rings is 1. The molecule has 1 aromatic heterocycles. The Balaban J connectivity index is 2.05. The summed E-state index contributed by atoms with van der Waals surface area (Å²) in [4.78, 5) is 20.5. The van der Waals surface area contributed by atoms with Gasteiger partial charge in [-0.3, -0.25) is 4.79 Å². The van der Waals surface area contributed by atoms with Crippen molar-refractivity contribution in [3.63, 3.8) is 0 Å². The van der Waals surface area contributed by atoms with Crippen LogP contribution in [0.3, 0.4) is 0 Å². The van der Waals surface area contributed by atoms with E-state index in [1.165, 1.54) is 11.8 Å². The van der Waals surface area contributed by atoms with Gasteiger partial charge in [0.25, 0.3) is 0 Å². The first-order valence-corrected chi connectivity index (χ1v) is 8.43. The molecule has 0 saturated heterocycles. The van der Waals surface area contributed by atoms with Crippen LogP contribution < -0.4 is 5.73 Å². The molecule has 2 aromatic rings. The summed E-state index contributed by atoms with van der Waals surface area (Å²) in [7, 11) is 0. The number of aromatic nitrogens is 2. The number of carbonyl (C=O) groups excluding carboxylic acids is 1. The number of carbonyl (C=O) groups is 1. The number of amides is 1. The SMILES string of the molecule is CC1(C)Cc2nc(-c3ccccc3)nc(SCC(N)=O)c2CO1. The van der Waals surface area contributed by atoms with Gasteiger partial charge in [-0.05, 0) is 13.8 Å². The van der Waals surface area contributed by atoms with Gasteiger partial charge in [0.2, 0.25) is 5.91 Å². The molecule has 0 fully saturated rings. The molecular formula is C17H19N3O2S. The summed E-state index contributed by atoms with van der Waals surface area (Å²) in [6.45, 7) is 4.56. The summed E-state index contributed by atoms with van der Waals surface area (Å²) >= 11 is 1.35. The van der Waals surface area contributed by atoms with Gasteiger partial charge in [-0.2, -0.15) is 0 Å². The number of primary amides is 1. The quantitative estimate of drug-likeness (QED) is 0.689. The van der Waals surface area contributed by atoms with E-state index < -0.39 is 0 Å². The van der Waals surface area contributed by atoms with Gasteiger partial charge in [-0.1, -0.05) is 42.1 Å². The van der Waals surface area contributed by atoms with Crippen LogP contribution in [-0.2, 0) is 22.6 Å². The third-order valence-electron chi connectivity index (χ3n) is 3.64. The highest BCUT2D eigenvalue weighted by atomic mass is 32.2. The van der Waals surface area contributed by atoms with Crippen molar-refractivity contribution in [3.05, 3.63) is 41.6 Å². The summed E-state index contributed by atoms with van der Waals surface area (Å²) in [6, 6.07) is 9.84. The van der Waals surface area contributed by atoms with E-state index in [-0.39, 0.29) is 17.3 Å². The molecule has 5 nitrogen and oxygen atoms in total. The first kappa shape index (κ1) is 16.0. The summed E-state index contributed by atoms with van der Waals surface area (Å²) < 4.78 is 5.88. The monoisotopic (exact) mass is 329 g/mol. The Morgan fingerprint density at radius 1 is 1.30 bits per heavy atom. The predicted molar refractivity (Wildman–Crippen MR) is 90.0 cm³/mol. The summed E-state index contributed by atoms with van der Waals surface area (Å²) in [6.07, 6.45) is 0.717. The minimum absolute atomic E-state index is 0.196. The fourth-order valence-corrected chi connectivity index (χ4v) is 3.28. The maximum atomic E-state index is 11.1. The molecule has 0 bridgehead atoms. The van der Waals surface area contributed by atoms with E-state index in [0.717, 1.165) is 28.3 Å². The Morgan fingerprint density at radius 3 is 2.74 bits per heavy atom. The molecule has 1 aromatic carbocycles. The minimum atomic E-state index is -0.360. The van der Waals surface area contributed by atoms with Gasteiger partial charge < -0.3 is 10.5 Å². The van der Waals surface area contributed by atoms with Crippen molar-refractivity contribution in [2.45, 2.75) is 37.5 Å². The fourth-order valence-electron chi connectivity index (χ4n) is 2.50. The topological polar surface area (TPSA) is 78.1 Å². The van der Waals surface area contributed by atoms with Crippen LogP contribution in [-0.4, -0.2) is 27.2 Å². The molecule has 0 unspecified atom stereocenters. The second-order valence-electron chi connectivity index (χ2n) is 6.12. The summed E-state index contributed by atoms with van der Waals surface area (Å²) in [5.74, 6) is 0.510. The van der Waals surface area contributed by atoms with E-state index in [4.69, 9.17) is 15.5 Å². The van der Waals surface area contributed by atoms with Gasteiger partial charge in [0.15, 0.2) is 5.82 Å². The molecule has 1 aliphatic rings. The Morgan fingerprint density at radius 2 is 2.04 bits per heavy atom. The van der Waals surface area contributed by atoms with Gasteiger partial charge >= 0.3 is 0 Å². The van der Waals surface area contributed by atoms with Gasteiger partial charge in [-0.25, -0.2) is 9.97 Å². The number of hydrogen-bond acceptors (Lipinski definition) is 5. The molecule has 0 aliphatic carbocycles. The highest BCUT2D eigenvalue weighted by Crippen LogP contribution is 2.33. The van der Waals surface area contributed by atoms with Crippen molar-refractivity contribution in [3.8, 4) is 11.4 Å². The normalized spacial score (nSPS) is 15.9. The van der Waals surface area contributed by atoms with Crippen molar-refractivity contribution in [2.24, 2.45) is 5.73 Å². The van der Waals surface area contributed by atoms with Gasteiger partial charge in [0, 0.05) is 17.5 Å². The van der Waals surface area contributed by atoms with E-state index in [2.05, 4.69) is 18.8 Å². The van der Waals surface area contributed by atoms with Crippen LogP contribution >= 0.6 is 11.8 Å². The van der Waals surface area contributed by atoms with Crippen LogP contribution in [0.25, 0.3) is 11.4 Å². The number of rotatable bonds is 4. The number of nitrogens with two attached hydrogens (primary N) is 1. The van der Waals surface area contributed by atoms with Crippen molar-refractivity contribution in [1.29, 1.82) is 0 Å². The first-order chi connectivity index (χ1) is 10.9. The van der Waals surface area contributed by atoms with E-state index in [0.29, 0.717) is 12.4 Å². The third kappa shape index (κ3) is 3.71. The van der Waals surface area contributed by atoms with Crippen LogP contribution in [0.5, 0.6) is 0 Å². The zero-order chi connectivity index (χ0) is 16.4. The second-order valence-corrected chi connectivity index (χ2v) is 7.09. The van der Waals surface area contributed by atoms with Crippen LogP contribution in [0.4, 0.5) is 0 Å². The second kappa shape index (κ2) is 6.29.